The lowest BCUT2D eigenvalue weighted by Crippen LogP contribution is -2.49. The van der Waals surface area contributed by atoms with Gasteiger partial charge in [-0.25, -0.2) is 0 Å². The van der Waals surface area contributed by atoms with Crippen molar-refractivity contribution in [2.75, 3.05) is 58.3 Å². The Hall–Kier alpha value is -3.10. The summed E-state index contributed by atoms with van der Waals surface area (Å²) in [5.41, 5.74) is 6.12. The van der Waals surface area contributed by atoms with Crippen LogP contribution in [0.4, 0.5) is 5.69 Å². The van der Waals surface area contributed by atoms with Gasteiger partial charge in [0.1, 0.15) is 18.1 Å². The average molecular weight is 412 g/mol. The van der Waals surface area contributed by atoms with Crippen molar-refractivity contribution in [1.82, 2.24) is 9.80 Å². The maximum absolute atomic E-state index is 12.4. The number of nitrogens with two attached hydrogens (primary N) is 1. The quantitative estimate of drug-likeness (QED) is 0.647. The number of hydrogen-bond acceptors (Lipinski definition) is 6. The summed E-state index contributed by atoms with van der Waals surface area (Å²) in [5, 5.41) is 2.79. The van der Waals surface area contributed by atoms with Gasteiger partial charge in [0.2, 0.25) is 5.91 Å². The molecule has 0 spiro atoms. The summed E-state index contributed by atoms with van der Waals surface area (Å²) < 4.78 is 10.9. The molecule has 0 bridgehead atoms. The fraction of sp³-hybridized carbons (Fsp3) is 0.364. The highest BCUT2D eigenvalue weighted by atomic mass is 16.5. The smallest absolute Gasteiger partial charge is 0.250 e. The Morgan fingerprint density at radius 2 is 1.60 bits per heavy atom. The van der Waals surface area contributed by atoms with Crippen LogP contribution in [0.1, 0.15) is 10.4 Å². The van der Waals surface area contributed by atoms with Gasteiger partial charge in [-0.05, 0) is 36.4 Å². The number of carbonyl (C=O) groups excluding carboxylic acids is 2. The fourth-order valence-electron chi connectivity index (χ4n) is 3.34. The Bertz CT molecular complexity index is 848. The zero-order chi connectivity index (χ0) is 21.3. The molecular weight excluding hydrogens is 384 g/mol. The van der Waals surface area contributed by atoms with Crippen molar-refractivity contribution in [3.05, 3.63) is 54.1 Å². The van der Waals surface area contributed by atoms with Crippen LogP contribution in [0.3, 0.4) is 0 Å². The second-order valence-corrected chi connectivity index (χ2v) is 7.10. The van der Waals surface area contributed by atoms with E-state index in [0.29, 0.717) is 17.9 Å². The predicted molar refractivity (Wildman–Crippen MR) is 115 cm³/mol. The Kier molecular flexibility index (Phi) is 7.64. The van der Waals surface area contributed by atoms with Gasteiger partial charge in [-0.15, -0.1) is 0 Å². The molecule has 1 aliphatic heterocycles. The summed E-state index contributed by atoms with van der Waals surface area (Å²) in [6.45, 7) is 5.06. The van der Waals surface area contributed by atoms with Crippen molar-refractivity contribution >= 4 is 17.5 Å². The van der Waals surface area contributed by atoms with E-state index in [1.54, 1.807) is 31.4 Å². The topological polar surface area (TPSA) is 97.1 Å². The van der Waals surface area contributed by atoms with Crippen LogP contribution in [-0.2, 0) is 4.79 Å². The van der Waals surface area contributed by atoms with Crippen LogP contribution in [0.5, 0.6) is 11.5 Å². The van der Waals surface area contributed by atoms with Crippen molar-refractivity contribution < 1.29 is 19.1 Å². The summed E-state index contributed by atoms with van der Waals surface area (Å²) in [5.74, 6) is 0.916. The molecule has 1 aliphatic rings. The summed E-state index contributed by atoms with van der Waals surface area (Å²) >= 11 is 0. The molecule has 30 heavy (non-hydrogen) atoms. The largest absolute Gasteiger partial charge is 0.497 e. The molecule has 0 unspecified atom stereocenters. The van der Waals surface area contributed by atoms with E-state index >= 15 is 0 Å². The highest BCUT2D eigenvalue weighted by molar-refractivity contribution is 6.03. The number of para-hydroxylation sites is 1. The van der Waals surface area contributed by atoms with E-state index in [-0.39, 0.29) is 12.5 Å². The summed E-state index contributed by atoms with van der Waals surface area (Å²) in [7, 11) is 1.64. The molecular formula is C22H28N4O4. The number of rotatable bonds is 9. The third kappa shape index (κ3) is 6.20. The lowest BCUT2D eigenvalue weighted by molar-refractivity contribution is -0.117. The Balaban J connectivity index is 1.37. The third-order valence-electron chi connectivity index (χ3n) is 5.03. The Morgan fingerprint density at radius 1 is 0.967 bits per heavy atom. The molecule has 8 heteroatoms. The van der Waals surface area contributed by atoms with Crippen LogP contribution in [0, 0.1) is 0 Å². The second-order valence-electron chi connectivity index (χ2n) is 7.10. The first-order valence-electron chi connectivity index (χ1n) is 9.95. The molecule has 0 atom stereocenters. The van der Waals surface area contributed by atoms with Gasteiger partial charge in [0.25, 0.3) is 5.91 Å². The molecule has 0 aliphatic carbocycles. The molecule has 3 rings (SSSR count). The van der Waals surface area contributed by atoms with Crippen molar-refractivity contribution in [2.24, 2.45) is 5.73 Å². The van der Waals surface area contributed by atoms with Crippen LogP contribution in [-0.4, -0.2) is 74.6 Å². The van der Waals surface area contributed by atoms with E-state index in [1.807, 2.05) is 24.3 Å². The fourth-order valence-corrected chi connectivity index (χ4v) is 3.34. The maximum atomic E-state index is 12.4. The Morgan fingerprint density at radius 3 is 2.27 bits per heavy atom. The van der Waals surface area contributed by atoms with Crippen molar-refractivity contribution in [3.63, 3.8) is 0 Å². The van der Waals surface area contributed by atoms with E-state index in [2.05, 4.69) is 15.1 Å². The summed E-state index contributed by atoms with van der Waals surface area (Å²) in [6.07, 6.45) is 0. The van der Waals surface area contributed by atoms with Crippen LogP contribution in [0.2, 0.25) is 0 Å². The Labute approximate surface area is 176 Å². The number of hydrogen-bond donors (Lipinski definition) is 2. The first kappa shape index (κ1) is 21.6. The summed E-state index contributed by atoms with van der Waals surface area (Å²) in [6, 6.07) is 14.3. The predicted octanol–water partition coefficient (Wildman–Crippen LogP) is 1.43. The number of piperazine rings is 1. The molecule has 0 radical (unpaired) electrons. The van der Waals surface area contributed by atoms with Gasteiger partial charge < -0.3 is 20.5 Å². The lowest BCUT2D eigenvalue weighted by atomic mass is 10.1. The van der Waals surface area contributed by atoms with Crippen LogP contribution < -0.4 is 20.5 Å². The van der Waals surface area contributed by atoms with E-state index in [4.69, 9.17) is 15.2 Å². The van der Waals surface area contributed by atoms with E-state index in [0.717, 1.165) is 44.2 Å². The molecule has 0 saturated carbocycles. The molecule has 8 nitrogen and oxygen atoms in total. The zero-order valence-electron chi connectivity index (χ0n) is 17.2. The number of amides is 2. The van der Waals surface area contributed by atoms with Crippen LogP contribution in [0.15, 0.2) is 48.5 Å². The number of primary amides is 1. The van der Waals surface area contributed by atoms with Crippen LogP contribution in [0.25, 0.3) is 0 Å². The average Bonchev–Trinajstić information content (AvgIpc) is 2.75. The van der Waals surface area contributed by atoms with E-state index in [9.17, 15) is 9.59 Å². The van der Waals surface area contributed by atoms with Gasteiger partial charge in [0.15, 0.2) is 0 Å². The molecule has 1 heterocycles. The number of nitrogens with zero attached hydrogens (tertiary/aromatic N) is 2. The number of ether oxygens (including phenoxy) is 2. The molecule has 2 amide bonds. The van der Waals surface area contributed by atoms with E-state index < -0.39 is 5.91 Å². The molecule has 160 valence electrons. The third-order valence-corrected chi connectivity index (χ3v) is 5.03. The van der Waals surface area contributed by atoms with Gasteiger partial charge in [0.05, 0.1) is 24.9 Å². The number of methoxy groups -OCH3 is 1. The molecule has 1 fully saturated rings. The standard InChI is InChI=1S/C22H28N4O4/c1-29-17-6-8-18(9-7-17)30-15-14-25-10-12-26(13-11-25)16-21(27)24-20-5-3-2-4-19(20)22(23)28/h2-9H,10-16H2,1H3,(H2,23,28)(H,24,27). The minimum Gasteiger partial charge on any atom is -0.497 e. The number of carbonyl (C=O) groups is 2. The number of benzene rings is 2. The molecule has 0 aromatic heterocycles. The first-order valence-corrected chi connectivity index (χ1v) is 9.95. The monoisotopic (exact) mass is 412 g/mol. The lowest BCUT2D eigenvalue weighted by Gasteiger charge is -2.34. The number of nitrogens with one attached hydrogen (secondary N) is 1. The first-order chi connectivity index (χ1) is 14.5. The normalized spacial score (nSPS) is 14.8. The molecule has 3 N–H and O–H groups in total. The minimum absolute atomic E-state index is 0.153. The highest BCUT2D eigenvalue weighted by Crippen LogP contribution is 2.17. The van der Waals surface area contributed by atoms with E-state index in [1.165, 1.54) is 0 Å². The van der Waals surface area contributed by atoms with Gasteiger partial charge in [-0.1, -0.05) is 12.1 Å². The minimum atomic E-state index is -0.559. The van der Waals surface area contributed by atoms with Crippen molar-refractivity contribution in [1.29, 1.82) is 0 Å². The molecule has 2 aromatic rings. The SMILES string of the molecule is COc1ccc(OCCN2CCN(CC(=O)Nc3ccccc3C(N)=O)CC2)cc1. The van der Waals surface area contributed by atoms with Crippen LogP contribution >= 0.6 is 0 Å². The highest BCUT2D eigenvalue weighted by Gasteiger charge is 2.19. The van der Waals surface area contributed by atoms with Gasteiger partial charge in [-0.2, -0.15) is 0 Å². The van der Waals surface area contributed by atoms with Crippen molar-refractivity contribution in [3.8, 4) is 11.5 Å². The van der Waals surface area contributed by atoms with Gasteiger partial charge in [-0.3, -0.25) is 19.4 Å². The molecule has 2 aromatic carbocycles. The summed E-state index contributed by atoms with van der Waals surface area (Å²) in [4.78, 5) is 28.3. The number of anilines is 1. The zero-order valence-corrected chi connectivity index (χ0v) is 17.2. The molecule has 1 saturated heterocycles. The second kappa shape index (κ2) is 10.6. The van der Waals surface area contributed by atoms with Gasteiger partial charge in [0, 0.05) is 32.7 Å². The maximum Gasteiger partial charge on any atom is 0.250 e. The van der Waals surface area contributed by atoms with Gasteiger partial charge >= 0.3 is 0 Å². The van der Waals surface area contributed by atoms with Crippen molar-refractivity contribution in [2.45, 2.75) is 0 Å².